The minimum atomic E-state index is -0.367. The van der Waals surface area contributed by atoms with Gasteiger partial charge in [0, 0.05) is 57.3 Å². The van der Waals surface area contributed by atoms with Gasteiger partial charge in [-0.1, -0.05) is 17.7 Å². The summed E-state index contributed by atoms with van der Waals surface area (Å²) in [6, 6.07) is 10.2. The first-order valence-corrected chi connectivity index (χ1v) is 7.91. The molecule has 0 atom stereocenters. The van der Waals surface area contributed by atoms with Crippen molar-refractivity contribution >= 4 is 28.2 Å². The van der Waals surface area contributed by atoms with Crippen LogP contribution < -0.4 is 5.73 Å². The van der Waals surface area contributed by atoms with Crippen LogP contribution in [0.1, 0.15) is 0 Å². The normalized spacial score (nSPS) is 11.0. The fourth-order valence-corrected chi connectivity index (χ4v) is 2.91. The second-order valence-electron chi connectivity index (χ2n) is 5.54. The van der Waals surface area contributed by atoms with E-state index in [1.165, 1.54) is 18.3 Å². The minimum absolute atomic E-state index is 0.340. The molecule has 0 unspecified atom stereocenters. The molecule has 25 heavy (non-hydrogen) atoms. The topological polar surface area (TPSA) is 64.7 Å². The van der Waals surface area contributed by atoms with Crippen molar-refractivity contribution in [3.05, 3.63) is 72.0 Å². The Balaban J connectivity index is 1.90. The zero-order chi connectivity index (χ0) is 17.4. The van der Waals surface area contributed by atoms with Crippen LogP contribution in [-0.2, 0) is 0 Å². The third-order valence-corrected chi connectivity index (χ3v) is 4.31. The zero-order valence-corrected chi connectivity index (χ0v) is 13.7. The zero-order valence-electron chi connectivity index (χ0n) is 12.9. The number of nitrogen functional groups attached to an aromatic ring is 1. The van der Waals surface area contributed by atoms with E-state index >= 15 is 0 Å². The molecule has 1 aromatic carbocycles. The van der Waals surface area contributed by atoms with Gasteiger partial charge in [0.25, 0.3) is 0 Å². The number of nitrogens with two attached hydrogens (primary N) is 1. The number of rotatable bonds is 2. The highest BCUT2D eigenvalue weighted by molar-refractivity contribution is 6.35. The van der Waals surface area contributed by atoms with Crippen LogP contribution in [0.25, 0.3) is 33.2 Å². The monoisotopic (exact) mass is 350 g/mol. The van der Waals surface area contributed by atoms with E-state index in [9.17, 15) is 4.39 Å². The summed E-state index contributed by atoms with van der Waals surface area (Å²) in [7, 11) is 0. The number of pyridine rings is 3. The van der Waals surface area contributed by atoms with E-state index in [2.05, 4.69) is 15.0 Å². The maximum atomic E-state index is 13.9. The largest absolute Gasteiger partial charge is 0.383 e. The molecule has 0 aliphatic heterocycles. The van der Waals surface area contributed by atoms with Gasteiger partial charge in [0.15, 0.2) is 0 Å². The Kier molecular flexibility index (Phi) is 3.78. The molecule has 0 bridgehead atoms. The number of hydrogen-bond acceptors (Lipinski definition) is 4. The summed E-state index contributed by atoms with van der Waals surface area (Å²) in [5, 5.41) is 1.40. The fraction of sp³-hybridized carbons (Fsp3) is 0. The SMILES string of the molecule is Nc1ncc(-c2cccnc2)cc1-c1cc2c(Cl)ccc(F)c2cn1. The maximum Gasteiger partial charge on any atom is 0.132 e. The van der Waals surface area contributed by atoms with E-state index in [0.717, 1.165) is 11.1 Å². The van der Waals surface area contributed by atoms with Gasteiger partial charge < -0.3 is 5.73 Å². The fourth-order valence-electron chi connectivity index (χ4n) is 2.69. The Labute approximate surface area is 148 Å². The summed E-state index contributed by atoms with van der Waals surface area (Å²) in [5.74, 6) is -0.0272. The van der Waals surface area contributed by atoms with Crippen LogP contribution in [0.3, 0.4) is 0 Å². The summed E-state index contributed by atoms with van der Waals surface area (Å²) in [4.78, 5) is 12.7. The van der Waals surface area contributed by atoms with E-state index in [-0.39, 0.29) is 5.82 Å². The second kappa shape index (κ2) is 6.11. The van der Waals surface area contributed by atoms with Crippen LogP contribution in [0, 0.1) is 5.82 Å². The molecule has 4 aromatic rings. The van der Waals surface area contributed by atoms with Crippen LogP contribution in [0.5, 0.6) is 0 Å². The standard InChI is InChI=1S/C19H12ClFN4/c20-16-3-4-17(21)15-10-24-18(7-13(15)16)14-6-12(9-25-19(14)22)11-2-1-5-23-8-11/h1-10H,(H2,22,25). The number of aromatic nitrogens is 3. The average molecular weight is 351 g/mol. The molecule has 0 radical (unpaired) electrons. The van der Waals surface area contributed by atoms with Gasteiger partial charge in [-0.2, -0.15) is 0 Å². The average Bonchev–Trinajstić information content (AvgIpc) is 2.66. The molecular formula is C19H12ClFN4. The van der Waals surface area contributed by atoms with Crippen LogP contribution in [0.4, 0.5) is 10.2 Å². The molecule has 4 nitrogen and oxygen atoms in total. The van der Waals surface area contributed by atoms with Gasteiger partial charge in [-0.05, 0) is 30.3 Å². The smallest absolute Gasteiger partial charge is 0.132 e. The molecule has 3 heterocycles. The van der Waals surface area contributed by atoms with Gasteiger partial charge in [-0.15, -0.1) is 0 Å². The second-order valence-corrected chi connectivity index (χ2v) is 5.95. The van der Waals surface area contributed by atoms with Gasteiger partial charge in [-0.25, -0.2) is 9.37 Å². The number of hydrogen-bond donors (Lipinski definition) is 1. The molecule has 0 aliphatic rings. The van der Waals surface area contributed by atoms with Gasteiger partial charge in [0.1, 0.15) is 11.6 Å². The summed E-state index contributed by atoms with van der Waals surface area (Å²) in [6.45, 7) is 0. The highest BCUT2D eigenvalue weighted by Crippen LogP contribution is 2.32. The van der Waals surface area contributed by atoms with Gasteiger partial charge in [-0.3, -0.25) is 9.97 Å². The van der Waals surface area contributed by atoms with E-state index in [4.69, 9.17) is 17.3 Å². The van der Waals surface area contributed by atoms with Crippen molar-refractivity contribution in [2.45, 2.75) is 0 Å². The van der Waals surface area contributed by atoms with Crippen molar-refractivity contribution in [3.63, 3.8) is 0 Å². The Morgan fingerprint density at radius 3 is 2.60 bits per heavy atom. The van der Waals surface area contributed by atoms with Crippen molar-refractivity contribution in [3.8, 4) is 22.4 Å². The van der Waals surface area contributed by atoms with E-state index < -0.39 is 0 Å². The third-order valence-electron chi connectivity index (χ3n) is 3.98. The van der Waals surface area contributed by atoms with Crippen LogP contribution in [-0.4, -0.2) is 15.0 Å². The third kappa shape index (κ3) is 2.79. The highest BCUT2D eigenvalue weighted by Gasteiger charge is 2.12. The maximum absolute atomic E-state index is 13.9. The van der Waals surface area contributed by atoms with Crippen LogP contribution in [0.2, 0.25) is 5.02 Å². The Morgan fingerprint density at radius 1 is 0.920 bits per heavy atom. The molecule has 0 fully saturated rings. The number of fused-ring (bicyclic) bond motifs is 1. The van der Waals surface area contributed by atoms with Gasteiger partial charge >= 0.3 is 0 Å². The van der Waals surface area contributed by atoms with Gasteiger partial charge in [0.2, 0.25) is 0 Å². The van der Waals surface area contributed by atoms with Crippen molar-refractivity contribution in [1.82, 2.24) is 15.0 Å². The number of anilines is 1. The van der Waals surface area contributed by atoms with E-state index in [1.807, 2.05) is 18.2 Å². The minimum Gasteiger partial charge on any atom is -0.383 e. The summed E-state index contributed by atoms with van der Waals surface area (Å²) >= 11 is 6.21. The first-order chi connectivity index (χ1) is 12.1. The molecule has 3 aromatic heterocycles. The summed E-state index contributed by atoms with van der Waals surface area (Å²) < 4.78 is 13.9. The summed E-state index contributed by atoms with van der Waals surface area (Å²) in [5.41, 5.74) is 9.06. The first kappa shape index (κ1) is 15.5. The van der Waals surface area contributed by atoms with Gasteiger partial charge in [0.05, 0.1) is 5.69 Å². The Bertz CT molecular complexity index is 1080. The quantitative estimate of drug-likeness (QED) is 0.567. The number of halogens is 2. The lowest BCUT2D eigenvalue weighted by molar-refractivity contribution is 0.639. The van der Waals surface area contributed by atoms with Crippen LogP contribution >= 0.6 is 11.6 Å². The molecule has 0 spiro atoms. The lowest BCUT2D eigenvalue weighted by Crippen LogP contribution is -1.97. The number of benzene rings is 1. The lowest BCUT2D eigenvalue weighted by atomic mass is 10.0. The lowest BCUT2D eigenvalue weighted by Gasteiger charge is -2.09. The number of nitrogens with zero attached hydrogens (tertiary/aromatic N) is 3. The van der Waals surface area contributed by atoms with Crippen molar-refractivity contribution in [2.24, 2.45) is 0 Å². The van der Waals surface area contributed by atoms with E-state index in [1.54, 1.807) is 24.7 Å². The summed E-state index contributed by atoms with van der Waals surface area (Å²) in [6.07, 6.45) is 6.60. The predicted octanol–water partition coefficient (Wildman–Crippen LogP) is 4.73. The Hall–Kier alpha value is -3.05. The molecule has 0 aliphatic carbocycles. The van der Waals surface area contributed by atoms with Crippen molar-refractivity contribution < 1.29 is 4.39 Å². The Morgan fingerprint density at radius 2 is 1.80 bits per heavy atom. The van der Waals surface area contributed by atoms with E-state index in [0.29, 0.717) is 32.9 Å². The van der Waals surface area contributed by atoms with Crippen molar-refractivity contribution in [1.29, 1.82) is 0 Å². The molecule has 0 amide bonds. The molecule has 4 rings (SSSR count). The molecular weight excluding hydrogens is 339 g/mol. The molecule has 0 saturated heterocycles. The first-order valence-electron chi connectivity index (χ1n) is 7.53. The predicted molar refractivity (Wildman–Crippen MR) is 97.6 cm³/mol. The molecule has 122 valence electrons. The molecule has 6 heteroatoms. The van der Waals surface area contributed by atoms with Crippen LogP contribution in [0.15, 0.2) is 61.2 Å². The highest BCUT2D eigenvalue weighted by atomic mass is 35.5. The molecule has 2 N–H and O–H groups in total. The van der Waals surface area contributed by atoms with Crippen molar-refractivity contribution in [2.75, 3.05) is 5.73 Å². The molecule has 0 saturated carbocycles.